The van der Waals surface area contributed by atoms with Gasteiger partial charge in [-0.1, -0.05) is 246 Å². The van der Waals surface area contributed by atoms with E-state index in [1.807, 2.05) is 0 Å². The van der Waals surface area contributed by atoms with Gasteiger partial charge in [-0.05, 0) is 96.3 Å². The molecule has 0 spiro atoms. The van der Waals surface area contributed by atoms with Gasteiger partial charge >= 0.3 is 25.7 Å². The van der Waals surface area contributed by atoms with E-state index in [9.17, 15) is 28.9 Å². The first-order valence-corrected chi connectivity index (χ1v) is 32.6. The van der Waals surface area contributed by atoms with Crippen molar-refractivity contribution in [1.82, 2.24) is 0 Å². The zero-order chi connectivity index (χ0) is 56.9. The molecule has 0 bridgehead atoms. The second kappa shape index (κ2) is 59.5. The summed E-state index contributed by atoms with van der Waals surface area (Å²) in [6.07, 6.45) is 70.8. The molecule has 0 aromatic carbocycles. The quantitative estimate of drug-likeness (QED) is 0.0197. The first-order chi connectivity index (χ1) is 38.2. The van der Waals surface area contributed by atoms with Crippen molar-refractivity contribution in [2.45, 2.75) is 277 Å². The number of ether oxygens (including phenoxy) is 3. The molecule has 3 unspecified atom stereocenters. The molecule has 0 aliphatic rings. The molecular weight excluding hydrogens is 1000 g/mol. The lowest BCUT2D eigenvalue weighted by Crippen LogP contribution is -2.30. The van der Waals surface area contributed by atoms with Crippen molar-refractivity contribution >= 4 is 25.7 Å². The summed E-state index contributed by atoms with van der Waals surface area (Å²) >= 11 is 0. The van der Waals surface area contributed by atoms with E-state index in [0.717, 1.165) is 109 Å². The maximum absolute atomic E-state index is 13.0. The van der Waals surface area contributed by atoms with Gasteiger partial charge in [0, 0.05) is 19.3 Å². The predicted molar refractivity (Wildman–Crippen MR) is 325 cm³/mol. The number of rotatable bonds is 57. The Kier molecular flexibility index (Phi) is 56.8. The van der Waals surface area contributed by atoms with E-state index in [-0.39, 0.29) is 25.9 Å². The van der Waals surface area contributed by atoms with Gasteiger partial charge in [0.05, 0.1) is 19.8 Å². The van der Waals surface area contributed by atoms with Gasteiger partial charge in [0.1, 0.15) is 12.7 Å². The van der Waals surface area contributed by atoms with E-state index in [0.29, 0.717) is 19.3 Å². The molecule has 11 nitrogen and oxygen atoms in total. The van der Waals surface area contributed by atoms with Gasteiger partial charge in [-0.25, -0.2) is 4.57 Å². The molecule has 3 atom stereocenters. The average Bonchev–Trinajstić information content (AvgIpc) is 3.43. The predicted octanol–water partition coefficient (Wildman–Crippen LogP) is 18.8. The van der Waals surface area contributed by atoms with E-state index >= 15 is 0 Å². The van der Waals surface area contributed by atoms with Crippen LogP contribution in [0.25, 0.3) is 0 Å². The van der Waals surface area contributed by atoms with Gasteiger partial charge in [-0.2, -0.15) is 0 Å². The van der Waals surface area contributed by atoms with Crippen molar-refractivity contribution in [2.75, 3.05) is 26.4 Å². The number of esters is 3. The number of hydrogen-bond acceptors (Lipinski definition) is 10. The van der Waals surface area contributed by atoms with Gasteiger partial charge < -0.3 is 24.2 Å². The highest BCUT2D eigenvalue weighted by Gasteiger charge is 2.28. The summed E-state index contributed by atoms with van der Waals surface area (Å²) in [7, 11) is -4.77. The highest BCUT2D eigenvalue weighted by molar-refractivity contribution is 7.47. The van der Waals surface area contributed by atoms with Crippen LogP contribution in [0.4, 0.5) is 0 Å². The summed E-state index contributed by atoms with van der Waals surface area (Å²) < 4.78 is 39.6. The smallest absolute Gasteiger partial charge is 0.462 e. The SMILES string of the molecule is CC/C=C\C/C=C\C/C=C\C/C=C\C/C=C\CCCCCC(=O)OCC(COP(=O)(O)OCC(CO)OC(=O)CCCCC/C=C\C/C=C\C/C=C\CC)OC(=O)CCCCCCCCCCCCCCCCCCCCC. The van der Waals surface area contributed by atoms with Crippen molar-refractivity contribution in [3.05, 3.63) is 97.2 Å². The third kappa shape index (κ3) is 57.1. The maximum Gasteiger partial charge on any atom is 0.472 e. The molecule has 0 rings (SSSR count). The summed E-state index contributed by atoms with van der Waals surface area (Å²) in [5, 5.41) is 9.82. The van der Waals surface area contributed by atoms with Crippen LogP contribution >= 0.6 is 7.82 Å². The minimum absolute atomic E-state index is 0.137. The molecule has 0 heterocycles. The Hall–Kier alpha value is -3.60. The average molecular weight is 1110 g/mol. The third-order valence-corrected chi connectivity index (χ3v) is 14.0. The monoisotopic (exact) mass is 1110 g/mol. The number of aliphatic hydroxyl groups excluding tert-OH is 1. The number of phosphoric acid groups is 1. The molecule has 448 valence electrons. The molecule has 0 amide bonds. The minimum atomic E-state index is -4.77. The second-order valence-electron chi connectivity index (χ2n) is 20.5. The molecule has 0 saturated heterocycles. The number of allylic oxidation sites excluding steroid dienone is 16. The summed E-state index contributed by atoms with van der Waals surface area (Å²) in [6.45, 7) is 4.37. The topological polar surface area (TPSA) is 155 Å². The normalized spacial score (nSPS) is 14.0. The second-order valence-corrected chi connectivity index (χ2v) is 21.9. The number of hydrogen-bond donors (Lipinski definition) is 2. The molecule has 12 heteroatoms. The van der Waals surface area contributed by atoms with Crippen molar-refractivity contribution in [2.24, 2.45) is 0 Å². The standard InChI is InChI=1S/C66H113O11P/c1-4-7-10-13-16-19-22-25-27-29-31-33-35-38-40-43-46-49-52-55-64(68)73-59-63(77-66(70)57-54-51-48-45-42-39-36-34-32-30-28-26-23-20-17-14-11-8-5-2)61-75-78(71,72)74-60-62(58-67)76-65(69)56-53-50-47-44-41-37-24-21-18-15-12-9-6-3/h7,9-10,12,16,18-19,21,25,27,31,33,37-38,40-41,62-63,67H,4-6,8,11,13-15,17,20,22-24,26,28-30,32,34-36,39,42-61H2,1-3H3,(H,71,72)/b10-7-,12-9-,19-16-,21-18-,27-25-,33-31-,40-38-,41-37-. The van der Waals surface area contributed by atoms with Gasteiger partial charge in [0.25, 0.3) is 0 Å². The maximum atomic E-state index is 13.0. The molecule has 0 aliphatic carbocycles. The first-order valence-electron chi connectivity index (χ1n) is 31.1. The van der Waals surface area contributed by atoms with E-state index in [1.165, 1.54) is 96.3 Å². The van der Waals surface area contributed by atoms with Crippen LogP contribution in [-0.4, -0.2) is 66.5 Å². The van der Waals surface area contributed by atoms with Gasteiger partial charge in [-0.3, -0.25) is 23.4 Å². The lowest BCUT2D eigenvalue weighted by Gasteiger charge is -2.21. The van der Waals surface area contributed by atoms with E-state index < -0.39 is 57.8 Å². The lowest BCUT2D eigenvalue weighted by atomic mass is 10.0. The Morgan fingerprint density at radius 3 is 1.03 bits per heavy atom. The van der Waals surface area contributed by atoms with Crippen LogP contribution < -0.4 is 0 Å². The first kappa shape index (κ1) is 74.4. The van der Waals surface area contributed by atoms with Crippen LogP contribution in [0.5, 0.6) is 0 Å². The number of unbranched alkanes of at least 4 members (excludes halogenated alkanes) is 24. The van der Waals surface area contributed by atoms with E-state index in [2.05, 4.69) is 118 Å². The van der Waals surface area contributed by atoms with Crippen LogP contribution in [-0.2, 0) is 42.2 Å². The summed E-state index contributed by atoms with van der Waals surface area (Å²) in [5.41, 5.74) is 0. The number of carbonyl (C=O) groups excluding carboxylic acids is 3. The zero-order valence-corrected chi connectivity index (χ0v) is 50.5. The summed E-state index contributed by atoms with van der Waals surface area (Å²) in [4.78, 5) is 48.7. The Balaban J connectivity index is 4.78. The molecule has 0 aliphatic heterocycles. The number of aliphatic hydroxyl groups is 1. The molecule has 2 N–H and O–H groups in total. The fourth-order valence-corrected chi connectivity index (χ4v) is 9.12. The zero-order valence-electron chi connectivity index (χ0n) is 49.6. The largest absolute Gasteiger partial charge is 0.472 e. The molecule has 0 saturated carbocycles. The van der Waals surface area contributed by atoms with Crippen molar-refractivity contribution in [1.29, 1.82) is 0 Å². The fraction of sp³-hybridized carbons (Fsp3) is 0.712. The van der Waals surface area contributed by atoms with Gasteiger partial charge in [0.2, 0.25) is 0 Å². The fourth-order valence-electron chi connectivity index (χ4n) is 8.34. The van der Waals surface area contributed by atoms with Crippen LogP contribution in [0.1, 0.15) is 265 Å². The molecule has 0 radical (unpaired) electrons. The van der Waals surface area contributed by atoms with Gasteiger partial charge in [0.15, 0.2) is 6.10 Å². The summed E-state index contributed by atoms with van der Waals surface area (Å²) in [5.74, 6) is -1.53. The van der Waals surface area contributed by atoms with E-state index in [1.54, 1.807) is 0 Å². The van der Waals surface area contributed by atoms with E-state index in [4.69, 9.17) is 23.3 Å². The molecule has 0 aromatic heterocycles. The molecule has 0 fully saturated rings. The highest BCUT2D eigenvalue weighted by atomic mass is 31.2. The van der Waals surface area contributed by atoms with Crippen LogP contribution in [0.15, 0.2) is 97.2 Å². The van der Waals surface area contributed by atoms with Gasteiger partial charge in [-0.15, -0.1) is 0 Å². The lowest BCUT2D eigenvalue weighted by molar-refractivity contribution is -0.161. The Morgan fingerprint density at radius 1 is 0.372 bits per heavy atom. The van der Waals surface area contributed by atoms with Crippen molar-refractivity contribution in [3.8, 4) is 0 Å². The Labute approximate surface area is 476 Å². The molecule has 0 aromatic rings. The van der Waals surface area contributed by atoms with Crippen molar-refractivity contribution < 1.29 is 52.2 Å². The van der Waals surface area contributed by atoms with Crippen LogP contribution in [0.3, 0.4) is 0 Å². The molecular formula is C66H113O11P. The number of phosphoric ester groups is 1. The van der Waals surface area contributed by atoms with Crippen molar-refractivity contribution in [3.63, 3.8) is 0 Å². The third-order valence-electron chi connectivity index (χ3n) is 13.0. The minimum Gasteiger partial charge on any atom is -0.462 e. The summed E-state index contributed by atoms with van der Waals surface area (Å²) in [6, 6.07) is 0. The number of carbonyl (C=O) groups is 3. The van der Waals surface area contributed by atoms with Crippen LogP contribution in [0.2, 0.25) is 0 Å². The Bertz CT molecular complexity index is 1680. The van der Waals surface area contributed by atoms with Crippen LogP contribution in [0, 0.1) is 0 Å². The molecule has 78 heavy (non-hydrogen) atoms. The highest BCUT2D eigenvalue weighted by Crippen LogP contribution is 2.43. The Morgan fingerprint density at radius 2 is 0.667 bits per heavy atom.